The summed E-state index contributed by atoms with van der Waals surface area (Å²) in [6.45, 7) is 4.20. The van der Waals surface area contributed by atoms with E-state index in [1.165, 1.54) is 34.7 Å². The number of carbonyl (C=O) groups is 1. The highest BCUT2D eigenvalue weighted by Crippen LogP contribution is 2.21. The number of thiazole rings is 1. The van der Waals surface area contributed by atoms with E-state index in [2.05, 4.69) is 4.98 Å². The molecule has 0 fully saturated rings. The van der Waals surface area contributed by atoms with E-state index in [1.54, 1.807) is 6.20 Å². The highest BCUT2D eigenvalue weighted by Gasteiger charge is 2.22. The third-order valence-electron chi connectivity index (χ3n) is 3.15. The second-order valence-electron chi connectivity index (χ2n) is 5.42. The Bertz CT molecular complexity index is 822. The van der Waals surface area contributed by atoms with Crippen LogP contribution in [0.1, 0.15) is 24.2 Å². The van der Waals surface area contributed by atoms with E-state index in [-0.39, 0.29) is 23.1 Å². The number of nitrogens with two attached hydrogens (primary N) is 1. The predicted molar refractivity (Wildman–Crippen MR) is 92.4 cm³/mol. The van der Waals surface area contributed by atoms with Crippen molar-refractivity contribution in [2.45, 2.75) is 24.7 Å². The number of hydrogen-bond donors (Lipinski definition) is 1. The minimum absolute atomic E-state index is 0.0484. The van der Waals surface area contributed by atoms with E-state index in [1.807, 2.05) is 19.2 Å². The number of rotatable bonds is 6. The van der Waals surface area contributed by atoms with Crippen molar-refractivity contribution in [1.82, 2.24) is 14.1 Å². The van der Waals surface area contributed by atoms with Crippen LogP contribution in [0.3, 0.4) is 0 Å². The van der Waals surface area contributed by atoms with Crippen LogP contribution in [0.2, 0.25) is 0 Å². The number of anilines is 1. The lowest BCUT2D eigenvalue weighted by Gasteiger charge is -2.15. The summed E-state index contributed by atoms with van der Waals surface area (Å²) in [6.07, 6.45) is 1.65. The first-order valence-electron chi connectivity index (χ1n) is 6.97. The van der Waals surface area contributed by atoms with Gasteiger partial charge in [-0.05, 0) is 5.92 Å². The normalized spacial score (nSPS) is 11.1. The highest BCUT2D eigenvalue weighted by molar-refractivity contribution is 8.01. The third kappa shape index (κ3) is 3.73. The van der Waals surface area contributed by atoms with Crippen LogP contribution in [0.25, 0.3) is 0 Å². The molecule has 2 heterocycles. The Balaban J connectivity index is 2.40. The monoisotopic (exact) mass is 354 g/mol. The minimum atomic E-state index is -0.655. The third-order valence-corrected chi connectivity index (χ3v) is 5.11. The molecule has 0 unspecified atom stereocenters. The van der Waals surface area contributed by atoms with Gasteiger partial charge in [0.15, 0.2) is 5.78 Å². The Morgan fingerprint density at radius 1 is 1.43 bits per heavy atom. The first-order chi connectivity index (χ1) is 10.8. The molecule has 9 heteroatoms. The van der Waals surface area contributed by atoms with Crippen LogP contribution in [0.15, 0.2) is 25.5 Å². The van der Waals surface area contributed by atoms with E-state index >= 15 is 0 Å². The molecule has 0 atom stereocenters. The van der Waals surface area contributed by atoms with Crippen LogP contribution < -0.4 is 17.0 Å². The van der Waals surface area contributed by atoms with Crippen molar-refractivity contribution in [1.29, 1.82) is 0 Å². The summed E-state index contributed by atoms with van der Waals surface area (Å²) < 4.78 is 2.96. The number of ketones is 1. The van der Waals surface area contributed by atoms with Crippen LogP contribution in [-0.2, 0) is 13.6 Å². The standard InChI is InChI=1S/C14H18N4O3S2/c1-8(2)6-18-11(15)10(12(20)17(3)14(18)21)9(19)7-23-13-16-4-5-22-13/h4-5,8H,6-7,15H2,1-3H3. The van der Waals surface area contributed by atoms with Gasteiger partial charge in [0.25, 0.3) is 5.56 Å². The number of carbonyl (C=O) groups excluding carboxylic acids is 1. The largest absolute Gasteiger partial charge is 0.384 e. The van der Waals surface area contributed by atoms with E-state index in [0.717, 1.165) is 8.91 Å². The molecule has 0 aliphatic rings. The minimum Gasteiger partial charge on any atom is -0.384 e. The summed E-state index contributed by atoms with van der Waals surface area (Å²) in [5.74, 6) is -0.259. The van der Waals surface area contributed by atoms with E-state index in [0.29, 0.717) is 6.54 Å². The van der Waals surface area contributed by atoms with Crippen LogP contribution in [0, 0.1) is 5.92 Å². The van der Waals surface area contributed by atoms with Crippen molar-refractivity contribution < 1.29 is 4.79 Å². The van der Waals surface area contributed by atoms with Gasteiger partial charge in [-0.1, -0.05) is 25.6 Å². The molecule has 0 bridgehead atoms. The van der Waals surface area contributed by atoms with Crippen LogP contribution in [0.4, 0.5) is 5.82 Å². The predicted octanol–water partition coefficient (Wildman–Crippen LogP) is 1.22. The Morgan fingerprint density at radius 3 is 2.70 bits per heavy atom. The van der Waals surface area contributed by atoms with Gasteiger partial charge in [-0.25, -0.2) is 9.78 Å². The Labute approximate surface area is 141 Å². The van der Waals surface area contributed by atoms with Gasteiger partial charge < -0.3 is 5.73 Å². The summed E-state index contributed by atoms with van der Waals surface area (Å²) in [5.41, 5.74) is 4.67. The molecule has 0 aliphatic heterocycles. The van der Waals surface area contributed by atoms with Gasteiger partial charge in [-0.2, -0.15) is 0 Å². The number of hydrogen-bond acceptors (Lipinski definition) is 7. The lowest BCUT2D eigenvalue weighted by molar-refractivity contribution is 0.102. The van der Waals surface area contributed by atoms with Crippen molar-refractivity contribution in [3.05, 3.63) is 38.0 Å². The maximum atomic E-state index is 12.4. The Kier molecular flexibility index (Phi) is 5.42. The lowest BCUT2D eigenvalue weighted by atomic mass is 10.2. The zero-order valence-corrected chi connectivity index (χ0v) is 14.7. The molecule has 124 valence electrons. The van der Waals surface area contributed by atoms with Crippen LogP contribution in [0.5, 0.6) is 0 Å². The number of nitrogens with zero attached hydrogens (tertiary/aromatic N) is 3. The molecule has 2 rings (SSSR count). The average Bonchev–Trinajstić information content (AvgIpc) is 3.01. The topological polar surface area (TPSA) is 100.0 Å². The maximum Gasteiger partial charge on any atom is 0.332 e. The van der Waals surface area contributed by atoms with Crippen molar-refractivity contribution in [2.24, 2.45) is 13.0 Å². The molecule has 0 saturated heterocycles. The summed E-state index contributed by atoms with van der Waals surface area (Å²) in [6, 6.07) is 0. The molecule has 0 aromatic carbocycles. The van der Waals surface area contributed by atoms with Gasteiger partial charge in [0, 0.05) is 25.2 Å². The fraction of sp³-hybridized carbons (Fsp3) is 0.429. The van der Waals surface area contributed by atoms with Gasteiger partial charge in [0.05, 0.1) is 5.75 Å². The van der Waals surface area contributed by atoms with Gasteiger partial charge in [-0.3, -0.25) is 18.7 Å². The molecule has 0 radical (unpaired) electrons. The summed E-state index contributed by atoms with van der Waals surface area (Å²) in [7, 11) is 1.35. The van der Waals surface area contributed by atoms with Gasteiger partial charge in [0.1, 0.15) is 15.7 Å². The second-order valence-corrected chi connectivity index (χ2v) is 7.54. The first-order valence-corrected chi connectivity index (χ1v) is 8.84. The molecular weight excluding hydrogens is 336 g/mol. The maximum absolute atomic E-state index is 12.4. The van der Waals surface area contributed by atoms with Crippen LogP contribution >= 0.6 is 23.1 Å². The van der Waals surface area contributed by atoms with Gasteiger partial charge >= 0.3 is 5.69 Å². The zero-order chi connectivity index (χ0) is 17.1. The molecule has 23 heavy (non-hydrogen) atoms. The zero-order valence-electron chi connectivity index (χ0n) is 13.1. The smallest absolute Gasteiger partial charge is 0.332 e. The van der Waals surface area contributed by atoms with Crippen molar-refractivity contribution in [3.8, 4) is 0 Å². The number of nitrogen functional groups attached to an aromatic ring is 1. The first kappa shape index (κ1) is 17.5. The summed E-state index contributed by atoms with van der Waals surface area (Å²) in [4.78, 5) is 41.0. The molecule has 2 aromatic heterocycles. The van der Waals surface area contributed by atoms with E-state index < -0.39 is 17.0 Å². The number of aromatic nitrogens is 3. The molecule has 0 aliphatic carbocycles. The molecule has 2 aromatic rings. The average molecular weight is 354 g/mol. The fourth-order valence-electron chi connectivity index (χ4n) is 2.07. The highest BCUT2D eigenvalue weighted by atomic mass is 32.2. The summed E-state index contributed by atoms with van der Waals surface area (Å²) >= 11 is 2.66. The molecule has 0 spiro atoms. The number of thioether (sulfide) groups is 1. The van der Waals surface area contributed by atoms with Crippen molar-refractivity contribution in [3.63, 3.8) is 0 Å². The second kappa shape index (κ2) is 7.14. The lowest BCUT2D eigenvalue weighted by Crippen LogP contribution is -2.43. The molecule has 0 amide bonds. The van der Waals surface area contributed by atoms with Crippen molar-refractivity contribution >= 4 is 34.7 Å². The van der Waals surface area contributed by atoms with E-state index in [4.69, 9.17) is 5.73 Å². The van der Waals surface area contributed by atoms with E-state index in [9.17, 15) is 14.4 Å². The number of Topliss-reactive ketones (excluding diaryl/α,β-unsaturated/α-hetero) is 1. The van der Waals surface area contributed by atoms with Crippen molar-refractivity contribution in [2.75, 3.05) is 11.5 Å². The fourth-order valence-corrected chi connectivity index (χ4v) is 3.58. The van der Waals surface area contributed by atoms with Gasteiger partial charge in [-0.15, -0.1) is 11.3 Å². The summed E-state index contributed by atoms with van der Waals surface area (Å²) in [5, 5.41) is 1.81. The van der Waals surface area contributed by atoms with Gasteiger partial charge in [0.2, 0.25) is 0 Å². The quantitative estimate of drug-likeness (QED) is 0.618. The SMILES string of the molecule is CC(C)Cn1c(N)c(C(=O)CSc2nccs2)c(=O)n(C)c1=O. The molecule has 7 nitrogen and oxygen atoms in total. The molecular formula is C14H18N4O3S2. The molecule has 2 N–H and O–H groups in total. The molecule has 0 saturated carbocycles. The Morgan fingerprint density at radius 2 is 2.13 bits per heavy atom. The van der Waals surface area contributed by atoms with Crippen LogP contribution in [-0.4, -0.2) is 25.7 Å². The Hall–Kier alpha value is -1.87.